The average Bonchev–Trinajstić information content (AvgIpc) is 3.15. The van der Waals surface area contributed by atoms with Crippen LogP contribution in [0.5, 0.6) is 0 Å². The highest BCUT2D eigenvalue weighted by molar-refractivity contribution is 6.36. The molecule has 3 aliphatic rings. The van der Waals surface area contributed by atoms with E-state index < -0.39 is 7.32 Å². The van der Waals surface area contributed by atoms with Crippen LogP contribution in [0.4, 0.5) is 0 Å². The summed E-state index contributed by atoms with van der Waals surface area (Å²) >= 11 is 0. The van der Waals surface area contributed by atoms with E-state index in [0.29, 0.717) is 19.8 Å². The molecule has 0 N–H and O–H groups in total. The van der Waals surface area contributed by atoms with Crippen LogP contribution in [-0.4, -0.2) is 65.3 Å². The lowest BCUT2D eigenvalue weighted by molar-refractivity contribution is 0.0762. The van der Waals surface area contributed by atoms with Gasteiger partial charge in [-0.05, 0) is 0 Å². The van der Waals surface area contributed by atoms with Crippen LogP contribution in [0.15, 0.2) is 0 Å². The van der Waals surface area contributed by atoms with Gasteiger partial charge in [-0.1, -0.05) is 0 Å². The third-order valence-electron chi connectivity index (χ3n) is 2.46. The van der Waals surface area contributed by atoms with Gasteiger partial charge in [-0.3, -0.25) is 0 Å². The minimum atomic E-state index is -0.627. The molecule has 0 amide bonds. The van der Waals surface area contributed by atoms with E-state index in [4.69, 9.17) is 28.2 Å². The molecular formula is C9H15BO6. The van der Waals surface area contributed by atoms with Gasteiger partial charge in [0, 0.05) is 0 Å². The Morgan fingerprint density at radius 1 is 0.750 bits per heavy atom. The van der Waals surface area contributed by atoms with Gasteiger partial charge >= 0.3 is 7.32 Å². The van der Waals surface area contributed by atoms with Gasteiger partial charge < -0.3 is 28.2 Å². The molecule has 0 aliphatic carbocycles. The lowest BCUT2D eigenvalue weighted by Crippen LogP contribution is -2.31. The monoisotopic (exact) mass is 230 g/mol. The number of hydrogen-bond donors (Lipinski definition) is 0. The van der Waals surface area contributed by atoms with E-state index >= 15 is 0 Å². The second-order valence-electron chi connectivity index (χ2n) is 4.15. The highest BCUT2D eigenvalue weighted by atomic mass is 16.8. The molecule has 3 aliphatic heterocycles. The molecule has 0 saturated carbocycles. The third-order valence-corrected chi connectivity index (χ3v) is 2.46. The Labute approximate surface area is 94.3 Å². The smallest absolute Gasteiger partial charge is 0.383 e. The first-order chi connectivity index (χ1) is 7.90. The fourth-order valence-corrected chi connectivity index (χ4v) is 1.19. The van der Waals surface area contributed by atoms with Crippen molar-refractivity contribution < 1.29 is 28.2 Å². The van der Waals surface area contributed by atoms with Crippen molar-refractivity contribution in [1.29, 1.82) is 0 Å². The van der Waals surface area contributed by atoms with Crippen LogP contribution in [0.3, 0.4) is 0 Å². The van der Waals surface area contributed by atoms with E-state index in [2.05, 4.69) is 0 Å². The SMILES string of the molecule is C(OB(OCC1CO1)OCC1CO1)C1CO1. The molecule has 6 nitrogen and oxygen atoms in total. The minimum Gasteiger partial charge on any atom is -0.383 e. The van der Waals surface area contributed by atoms with Crippen molar-refractivity contribution in [3.05, 3.63) is 0 Å². The molecule has 3 atom stereocenters. The number of ether oxygens (including phenoxy) is 3. The Morgan fingerprint density at radius 3 is 1.31 bits per heavy atom. The Bertz CT molecular complexity index is 190. The van der Waals surface area contributed by atoms with E-state index in [-0.39, 0.29) is 18.3 Å². The number of epoxide rings is 3. The van der Waals surface area contributed by atoms with Crippen molar-refractivity contribution in [2.45, 2.75) is 18.3 Å². The molecule has 3 heterocycles. The van der Waals surface area contributed by atoms with Crippen LogP contribution in [0, 0.1) is 0 Å². The van der Waals surface area contributed by atoms with Crippen LogP contribution in [0.25, 0.3) is 0 Å². The standard InChI is InChI=1S/C9H15BO6/c1-7(11-1)4-14-10(15-5-8-2-12-8)16-6-9-3-13-9/h7-9H,1-6H2. The Balaban J connectivity index is 1.33. The van der Waals surface area contributed by atoms with Crippen LogP contribution in [0.1, 0.15) is 0 Å². The van der Waals surface area contributed by atoms with Crippen molar-refractivity contribution in [2.24, 2.45) is 0 Å². The molecule has 3 unspecified atom stereocenters. The van der Waals surface area contributed by atoms with E-state index in [1.807, 2.05) is 0 Å². The van der Waals surface area contributed by atoms with Gasteiger partial charge in [-0.25, -0.2) is 0 Å². The van der Waals surface area contributed by atoms with Gasteiger partial charge in [0.25, 0.3) is 0 Å². The zero-order chi connectivity index (χ0) is 10.8. The van der Waals surface area contributed by atoms with Crippen LogP contribution in [-0.2, 0) is 28.2 Å². The maximum atomic E-state index is 5.44. The van der Waals surface area contributed by atoms with Crippen molar-refractivity contribution in [1.82, 2.24) is 0 Å². The summed E-state index contributed by atoms with van der Waals surface area (Å²) in [6, 6.07) is 0. The summed E-state index contributed by atoms with van der Waals surface area (Å²) in [7, 11) is -0.627. The van der Waals surface area contributed by atoms with Gasteiger partial charge in [-0.2, -0.15) is 0 Å². The second kappa shape index (κ2) is 4.99. The summed E-state index contributed by atoms with van der Waals surface area (Å²) in [5.74, 6) is 0. The van der Waals surface area contributed by atoms with Crippen molar-refractivity contribution in [2.75, 3.05) is 39.6 Å². The number of rotatable bonds is 9. The summed E-state index contributed by atoms with van der Waals surface area (Å²) in [5, 5.41) is 0. The predicted octanol–water partition coefficient (Wildman–Crippen LogP) is -0.782. The maximum Gasteiger partial charge on any atom is 0.639 e. The first-order valence-corrected chi connectivity index (χ1v) is 5.60. The zero-order valence-corrected chi connectivity index (χ0v) is 9.00. The lowest BCUT2D eigenvalue weighted by atomic mass is 10.2. The second-order valence-corrected chi connectivity index (χ2v) is 4.15. The number of hydrogen-bond acceptors (Lipinski definition) is 6. The average molecular weight is 230 g/mol. The molecule has 0 aromatic heterocycles. The molecule has 7 heteroatoms. The molecule has 3 rings (SSSR count). The third kappa shape index (κ3) is 4.01. The topological polar surface area (TPSA) is 65.3 Å². The largest absolute Gasteiger partial charge is 0.639 e. The first-order valence-electron chi connectivity index (χ1n) is 5.60. The maximum absolute atomic E-state index is 5.44. The van der Waals surface area contributed by atoms with Gasteiger partial charge in [0.15, 0.2) is 0 Å². The van der Waals surface area contributed by atoms with Gasteiger partial charge in [0.2, 0.25) is 0 Å². The van der Waals surface area contributed by atoms with Crippen LogP contribution in [0.2, 0.25) is 0 Å². The molecule has 3 fully saturated rings. The Kier molecular flexibility index (Phi) is 3.42. The van der Waals surface area contributed by atoms with Crippen molar-refractivity contribution >= 4 is 7.32 Å². The molecule has 0 spiro atoms. The summed E-state index contributed by atoms with van der Waals surface area (Å²) in [4.78, 5) is 0. The normalized spacial score (nSPS) is 34.9. The quantitative estimate of drug-likeness (QED) is 0.382. The lowest BCUT2D eigenvalue weighted by Gasteiger charge is -2.12. The fraction of sp³-hybridized carbons (Fsp3) is 1.00. The van der Waals surface area contributed by atoms with Crippen molar-refractivity contribution in [3.8, 4) is 0 Å². The molecule has 0 aromatic carbocycles. The summed E-state index contributed by atoms with van der Waals surface area (Å²) < 4.78 is 31.5. The van der Waals surface area contributed by atoms with E-state index in [1.165, 1.54) is 0 Å². The Morgan fingerprint density at radius 2 is 1.06 bits per heavy atom. The Hall–Kier alpha value is -0.175. The van der Waals surface area contributed by atoms with E-state index in [1.54, 1.807) is 0 Å². The molecular weight excluding hydrogens is 215 g/mol. The summed E-state index contributed by atoms with van der Waals surface area (Å²) in [5.41, 5.74) is 0. The van der Waals surface area contributed by atoms with E-state index in [0.717, 1.165) is 19.8 Å². The fourth-order valence-electron chi connectivity index (χ4n) is 1.19. The van der Waals surface area contributed by atoms with Gasteiger partial charge in [0.05, 0.1) is 39.6 Å². The molecule has 0 radical (unpaired) electrons. The van der Waals surface area contributed by atoms with E-state index in [9.17, 15) is 0 Å². The van der Waals surface area contributed by atoms with Gasteiger partial charge in [-0.15, -0.1) is 0 Å². The molecule has 3 saturated heterocycles. The molecule has 16 heavy (non-hydrogen) atoms. The summed E-state index contributed by atoms with van der Waals surface area (Å²) in [6.07, 6.45) is 0.636. The highest BCUT2D eigenvalue weighted by Gasteiger charge is 2.34. The van der Waals surface area contributed by atoms with Crippen LogP contribution < -0.4 is 0 Å². The zero-order valence-electron chi connectivity index (χ0n) is 9.00. The molecule has 90 valence electrons. The van der Waals surface area contributed by atoms with Crippen LogP contribution >= 0.6 is 0 Å². The van der Waals surface area contributed by atoms with Gasteiger partial charge in [0.1, 0.15) is 18.3 Å². The molecule has 0 bridgehead atoms. The molecule has 0 aromatic rings. The summed E-state index contributed by atoms with van der Waals surface area (Å²) in [6.45, 7) is 3.85. The first kappa shape index (κ1) is 10.9. The minimum absolute atomic E-state index is 0.212. The predicted molar refractivity (Wildman–Crippen MR) is 52.8 cm³/mol. The highest BCUT2D eigenvalue weighted by Crippen LogP contribution is 2.14. The van der Waals surface area contributed by atoms with Crippen molar-refractivity contribution in [3.63, 3.8) is 0 Å².